The van der Waals surface area contributed by atoms with E-state index in [1.165, 1.54) is 0 Å². The van der Waals surface area contributed by atoms with Crippen molar-refractivity contribution >= 4 is 27.4 Å². The molecule has 246 valence electrons. The van der Waals surface area contributed by atoms with Gasteiger partial charge < -0.3 is 18.8 Å². The maximum Gasteiger partial charge on any atom is 0.262 e. The maximum absolute atomic E-state index is 11.6. The molecule has 0 aliphatic rings. The predicted octanol–water partition coefficient (Wildman–Crippen LogP) is 10.6. The monoisotopic (exact) mass is 658 g/mol. The molecule has 0 saturated heterocycles. The fourth-order valence-electron chi connectivity index (χ4n) is 5.22. The molecule has 4 nitrogen and oxygen atoms in total. The van der Waals surface area contributed by atoms with Gasteiger partial charge in [-0.15, -0.1) is 0 Å². The summed E-state index contributed by atoms with van der Waals surface area (Å²) in [6.45, 7) is 26.4. The molecular weight excluding hydrogens is 606 g/mol. The van der Waals surface area contributed by atoms with Crippen molar-refractivity contribution in [2.24, 2.45) is 0 Å². The van der Waals surface area contributed by atoms with Gasteiger partial charge in [0.05, 0.1) is 0 Å². The van der Waals surface area contributed by atoms with Gasteiger partial charge in [-0.2, -0.15) is 0 Å². The highest BCUT2D eigenvalue weighted by molar-refractivity contribution is 7.55. The van der Waals surface area contributed by atoms with E-state index >= 15 is 0 Å². The van der Waals surface area contributed by atoms with Gasteiger partial charge in [-0.1, -0.05) is 132 Å². The van der Waals surface area contributed by atoms with E-state index in [0.29, 0.717) is 11.5 Å². The van der Waals surface area contributed by atoms with Crippen molar-refractivity contribution in [1.29, 1.82) is 0 Å². The zero-order valence-corrected chi connectivity index (χ0v) is 31.5. The Bertz CT molecular complexity index is 1510. The van der Waals surface area contributed by atoms with E-state index in [1.807, 2.05) is 60.7 Å². The Hall–Kier alpha value is -2.74. The summed E-state index contributed by atoms with van der Waals surface area (Å²) in [5, 5.41) is 1.47. The molecular formula is C40H52O4P2. The van der Waals surface area contributed by atoms with Crippen LogP contribution in [0.25, 0.3) is 11.1 Å². The molecule has 0 fully saturated rings. The van der Waals surface area contributed by atoms with Crippen LogP contribution in [-0.4, -0.2) is 9.79 Å². The Labute approximate surface area is 280 Å². The lowest BCUT2D eigenvalue weighted by Crippen LogP contribution is -2.20. The predicted molar refractivity (Wildman–Crippen MR) is 198 cm³/mol. The van der Waals surface area contributed by atoms with E-state index in [0.717, 1.165) is 44.0 Å². The Morgan fingerprint density at radius 1 is 0.435 bits per heavy atom. The largest absolute Gasteiger partial charge is 0.443 e. The van der Waals surface area contributed by atoms with Crippen LogP contribution < -0.4 is 19.7 Å². The first kappa shape index (κ1) is 36.1. The van der Waals surface area contributed by atoms with Gasteiger partial charge >= 0.3 is 0 Å². The average Bonchev–Trinajstić information content (AvgIpc) is 2.95. The lowest BCUT2D eigenvalue weighted by Gasteiger charge is -2.33. The fraction of sp³-hybridized carbons (Fsp3) is 0.400. The zero-order chi connectivity index (χ0) is 34.2. The highest BCUT2D eigenvalue weighted by Gasteiger charge is 2.33. The van der Waals surface area contributed by atoms with E-state index in [9.17, 15) is 9.79 Å². The van der Waals surface area contributed by atoms with Crippen molar-refractivity contribution in [1.82, 2.24) is 0 Å². The van der Waals surface area contributed by atoms with Gasteiger partial charge in [-0.3, -0.25) is 0 Å². The molecule has 2 unspecified atom stereocenters. The summed E-state index contributed by atoms with van der Waals surface area (Å²) in [4.78, 5) is 23.1. The number of rotatable bonds is 7. The van der Waals surface area contributed by atoms with Crippen LogP contribution >= 0.6 is 16.8 Å². The quantitative estimate of drug-likeness (QED) is 0.194. The lowest BCUT2D eigenvalue weighted by atomic mass is 9.75. The summed E-state index contributed by atoms with van der Waals surface area (Å²) < 4.78 is 13.4. The SMILES string of the molecule is CC(C)(C)c1cc(-c2cc(C(C)(C)C)cc(C(C)(C)C)c2OP(O)c2ccccc2)c(OP(O)c2ccccc2)c(C(C)(C)C)c1. The average molecular weight is 659 g/mol. The van der Waals surface area contributed by atoms with Crippen LogP contribution in [0.1, 0.15) is 105 Å². The van der Waals surface area contributed by atoms with Crippen molar-refractivity contribution in [3.05, 3.63) is 107 Å². The smallest absolute Gasteiger partial charge is 0.262 e. The third-order valence-electron chi connectivity index (χ3n) is 8.13. The second-order valence-electron chi connectivity index (χ2n) is 16.2. The molecule has 4 rings (SSSR count). The van der Waals surface area contributed by atoms with Crippen LogP contribution in [0.5, 0.6) is 11.5 Å². The molecule has 0 radical (unpaired) electrons. The molecule has 0 spiro atoms. The molecule has 0 heterocycles. The van der Waals surface area contributed by atoms with Crippen LogP contribution in [-0.2, 0) is 21.7 Å². The van der Waals surface area contributed by atoms with Crippen LogP contribution in [0, 0.1) is 0 Å². The van der Waals surface area contributed by atoms with Gasteiger partial charge in [-0.25, -0.2) is 0 Å². The summed E-state index contributed by atoms with van der Waals surface area (Å²) >= 11 is 0. The minimum atomic E-state index is -1.97. The van der Waals surface area contributed by atoms with E-state index in [4.69, 9.17) is 9.05 Å². The molecule has 4 aromatic carbocycles. The third kappa shape index (κ3) is 8.39. The molecule has 0 bridgehead atoms. The molecule has 0 saturated carbocycles. The Kier molecular flexibility index (Phi) is 10.5. The third-order valence-corrected chi connectivity index (χ3v) is 10.3. The summed E-state index contributed by atoms with van der Waals surface area (Å²) in [5.74, 6) is 1.27. The molecule has 2 N–H and O–H groups in total. The fourth-order valence-corrected chi connectivity index (χ4v) is 7.03. The van der Waals surface area contributed by atoms with Crippen LogP contribution in [0.2, 0.25) is 0 Å². The van der Waals surface area contributed by atoms with E-state index in [2.05, 4.69) is 107 Å². The van der Waals surface area contributed by atoms with Gasteiger partial charge in [0.1, 0.15) is 11.5 Å². The molecule has 4 aromatic rings. The molecule has 0 aliphatic heterocycles. The second kappa shape index (κ2) is 13.4. The van der Waals surface area contributed by atoms with E-state index < -0.39 is 16.8 Å². The lowest BCUT2D eigenvalue weighted by molar-refractivity contribution is 0.472. The molecule has 6 heteroatoms. The van der Waals surface area contributed by atoms with Crippen molar-refractivity contribution in [2.45, 2.75) is 105 Å². The number of hydrogen-bond acceptors (Lipinski definition) is 4. The summed E-state index contributed by atoms with van der Waals surface area (Å²) in [7, 11) is -3.94. The van der Waals surface area contributed by atoms with E-state index in [1.54, 1.807) is 0 Å². The Balaban J connectivity index is 2.15. The minimum Gasteiger partial charge on any atom is -0.443 e. The van der Waals surface area contributed by atoms with Gasteiger partial charge in [0.25, 0.3) is 16.8 Å². The van der Waals surface area contributed by atoms with E-state index in [-0.39, 0.29) is 21.7 Å². The molecule has 0 aliphatic carbocycles. The number of benzene rings is 4. The molecule has 2 atom stereocenters. The van der Waals surface area contributed by atoms with Gasteiger partial charge in [-0.05, 0) is 69.2 Å². The van der Waals surface area contributed by atoms with Crippen molar-refractivity contribution in [3.63, 3.8) is 0 Å². The van der Waals surface area contributed by atoms with Gasteiger partial charge in [0.15, 0.2) is 0 Å². The Morgan fingerprint density at radius 3 is 1.00 bits per heavy atom. The van der Waals surface area contributed by atoms with Crippen molar-refractivity contribution < 1.29 is 18.8 Å². The first-order chi connectivity index (χ1) is 21.2. The van der Waals surface area contributed by atoms with Gasteiger partial charge in [0, 0.05) is 32.9 Å². The second-order valence-corrected chi connectivity index (χ2v) is 18.7. The van der Waals surface area contributed by atoms with Crippen LogP contribution in [0.4, 0.5) is 0 Å². The molecule has 0 amide bonds. The maximum atomic E-state index is 11.6. The first-order valence-corrected chi connectivity index (χ1v) is 18.4. The standard InChI is InChI=1S/C40H52O4P2/c1-37(2,3)27-23-31(35(33(25-27)39(7,8)9)43-45(41)29-19-15-13-16-20-29)32-24-28(38(4,5)6)26-34(40(10,11)12)36(32)44-46(42)30-21-17-14-18-22-30/h13-26,41-42H,1-12H3. The van der Waals surface area contributed by atoms with Crippen LogP contribution in [0.3, 0.4) is 0 Å². The van der Waals surface area contributed by atoms with Crippen LogP contribution in [0.15, 0.2) is 84.9 Å². The minimum absolute atomic E-state index is 0.167. The van der Waals surface area contributed by atoms with Crippen molar-refractivity contribution in [3.8, 4) is 22.6 Å². The molecule has 0 aromatic heterocycles. The highest BCUT2D eigenvalue weighted by atomic mass is 31.2. The molecule has 46 heavy (non-hydrogen) atoms. The highest BCUT2D eigenvalue weighted by Crippen LogP contribution is 2.53. The zero-order valence-electron chi connectivity index (χ0n) is 29.7. The van der Waals surface area contributed by atoms with Crippen molar-refractivity contribution in [2.75, 3.05) is 0 Å². The summed E-state index contributed by atoms with van der Waals surface area (Å²) in [6, 6.07) is 28.0. The summed E-state index contributed by atoms with van der Waals surface area (Å²) in [5.41, 5.74) is 5.07. The summed E-state index contributed by atoms with van der Waals surface area (Å²) in [6.07, 6.45) is 0. The normalized spacial score (nSPS) is 14.1. The topological polar surface area (TPSA) is 58.9 Å². The first-order valence-electron chi connectivity index (χ1n) is 16.0. The number of hydrogen-bond donors (Lipinski definition) is 2. The Morgan fingerprint density at radius 2 is 0.739 bits per heavy atom. The van der Waals surface area contributed by atoms with Gasteiger partial charge in [0.2, 0.25) is 0 Å².